The molecule has 0 aliphatic carbocycles. The number of nitrogens with zero attached hydrogens (tertiary/aromatic N) is 1. The van der Waals surface area contributed by atoms with E-state index in [4.69, 9.17) is 9.47 Å². The van der Waals surface area contributed by atoms with Crippen molar-refractivity contribution in [3.05, 3.63) is 53.7 Å². The summed E-state index contributed by atoms with van der Waals surface area (Å²) >= 11 is 0. The number of hydrogen-bond donors (Lipinski definition) is 1. The normalized spacial score (nSPS) is 10.3. The van der Waals surface area contributed by atoms with Crippen LogP contribution in [0, 0.1) is 0 Å². The number of benzene rings is 1. The first-order valence-electron chi connectivity index (χ1n) is 9.31. The van der Waals surface area contributed by atoms with E-state index in [0.717, 1.165) is 18.6 Å². The lowest BCUT2D eigenvalue weighted by Gasteiger charge is -2.08. The van der Waals surface area contributed by atoms with Crippen LogP contribution in [-0.4, -0.2) is 30.1 Å². The van der Waals surface area contributed by atoms with Gasteiger partial charge >= 0.3 is 5.97 Å². The van der Waals surface area contributed by atoms with Crippen molar-refractivity contribution in [1.29, 1.82) is 0 Å². The molecule has 0 aliphatic heterocycles. The summed E-state index contributed by atoms with van der Waals surface area (Å²) in [5.74, 6) is 0.279. The van der Waals surface area contributed by atoms with Crippen molar-refractivity contribution in [2.45, 2.75) is 39.5 Å². The minimum Gasteiger partial charge on any atom is -0.494 e. The summed E-state index contributed by atoms with van der Waals surface area (Å²) in [7, 11) is 0. The summed E-state index contributed by atoms with van der Waals surface area (Å²) in [5.41, 5.74) is 0.825. The van der Waals surface area contributed by atoms with E-state index in [1.807, 2.05) is 0 Å². The van der Waals surface area contributed by atoms with E-state index >= 15 is 0 Å². The molecule has 0 radical (unpaired) electrons. The number of ether oxygens (including phenoxy) is 2. The fourth-order valence-electron chi connectivity index (χ4n) is 2.45. The zero-order valence-corrected chi connectivity index (χ0v) is 15.9. The van der Waals surface area contributed by atoms with Crippen LogP contribution in [0.5, 0.6) is 5.75 Å². The first kappa shape index (κ1) is 20.4. The molecule has 0 aliphatic rings. The SMILES string of the molecule is CCCCCCOc1ccc(C(=O)Nc2cc(C(=O)OCC)ccn2)cc1. The van der Waals surface area contributed by atoms with Crippen molar-refractivity contribution < 1.29 is 19.1 Å². The van der Waals surface area contributed by atoms with Gasteiger partial charge in [-0.05, 0) is 49.7 Å². The number of anilines is 1. The molecular formula is C21H26N2O4. The number of hydrogen-bond acceptors (Lipinski definition) is 5. The fraction of sp³-hybridized carbons (Fsp3) is 0.381. The molecule has 0 atom stereocenters. The zero-order valence-electron chi connectivity index (χ0n) is 15.9. The van der Waals surface area contributed by atoms with Crippen LogP contribution in [0.25, 0.3) is 0 Å². The number of carbonyl (C=O) groups is 2. The molecule has 0 spiro atoms. The topological polar surface area (TPSA) is 77.5 Å². The first-order valence-corrected chi connectivity index (χ1v) is 9.31. The van der Waals surface area contributed by atoms with Crippen molar-refractivity contribution in [2.24, 2.45) is 0 Å². The van der Waals surface area contributed by atoms with Gasteiger partial charge in [-0.2, -0.15) is 0 Å². The third-order valence-corrected chi connectivity index (χ3v) is 3.90. The van der Waals surface area contributed by atoms with E-state index in [1.165, 1.54) is 25.1 Å². The Labute approximate surface area is 159 Å². The van der Waals surface area contributed by atoms with Crippen LogP contribution >= 0.6 is 0 Å². The van der Waals surface area contributed by atoms with Gasteiger partial charge in [0, 0.05) is 11.8 Å². The third-order valence-electron chi connectivity index (χ3n) is 3.90. The van der Waals surface area contributed by atoms with Gasteiger partial charge in [0.1, 0.15) is 11.6 Å². The maximum Gasteiger partial charge on any atom is 0.338 e. The molecule has 1 amide bonds. The maximum atomic E-state index is 12.4. The van der Waals surface area contributed by atoms with E-state index in [0.29, 0.717) is 23.6 Å². The van der Waals surface area contributed by atoms with Gasteiger partial charge in [-0.25, -0.2) is 9.78 Å². The van der Waals surface area contributed by atoms with Crippen molar-refractivity contribution in [3.8, 4) is 5.75 Å². The summed E-state index contributed by atoms with van der Waals surface area (Å²) in [6.45, 7) is 4.87. The third kappa shape index (κ3) is 6.73. The second-order valence-corrected chi connectivity index (χ2v) is 6.04. The number of pyridine rings is 1. The van der Waals surface area contributed by atoms with Crippen LogP contribution in [0.2, 0.25) is 0 Å². The second-order valence-electron chi connectivity index (χ2n) is 6.04. The molecule has 2 aromatic rings. The van der Waals surface area contributed by atoms with Gasteiger partial charge in [0.25, 0.3) is 5.91 Å². The molecule has 0 saturated carbocycles. The Balaban J connectivity index is 1.90. The lowest BCUT2D eigenvalue weighted by molar-refractivity contribution is 0.0526. The molecule has 27 heavy (non-hydrogen) atoms. The Morgan fingerprint density at radius 3 is 2.48 bits per heavy atom. The number of esters is 1. The van der Waals surface area contributed by atoms with Gasteiger partial charge in [-0.15, -0.1) is 0 Å². The van der Waals surface area contributed by atoms with Crippen molar-refractivity contribution in [2.75, 3.05) is 18.5 Å². The predicted octanol–water partition coefficient (Wildman–Crippen LogP) is 4.47. The Morgan fingerprint density at radius 2 is 1.78 bits per heavy atom. The lowest BCUT2D eigenvalue weighted by atomic mass is 10.2. The van der Waals surface area contributed by atoms with Crippen LogP contribution in [0.3, 0.4) is 0 Å². The summed E-state index contributed by atoms with van der Waals surface area (Å²) in [4.78, 5) is 28.2. The van der Waals surface area contributed by atoms with Crippen LogP contribution in [0.1, 0.15) is 60.2 Å². The number of aromatic nitrogens is 1. The number of rotatable bonds is 10. The predicted molar refractivity (Wildman–Crippen MR) is 104 cm³/mol. The molecule has 1 heterocycles. The highest BCUT2D eigenvalue weighted by molar-refractivity contribution is 6.04. The molecular weight excluding hydrogens is 344 g/mol. The summed E-state index contributed by atoms with van der Waals surface area (Å²) in [6, 6.07) is 9.98. The van der Waals surface area contributed by atoms with Crippen molar-refractivity contribution >= 4 is 17.7 Å². The van der Waals surface area contributed by atoms with E-state index in [-0.39, 0.29) is 12.5 Å². The molecule has 0 saturated heterocycles. The van der Waals surface area contributed by atoms with Gasteiger partial charge < -0.3 is 14.8 Å². The molecule has 144 valence electrons. The summed E-state index contributed by atoms with van der Waals surface area (Å²) < 4.78 is 10.6. The standard InChI is InChI=1S/C21H26N2O4/c1-3-5-6-7-14-27-18-10-8-16(9-11-18)20(24)23-19-15-17(12-13-22-19)21(25)26-4-2/h8-13,15H,3-7,14H2,1-2H3,(H,22,23,24). The molecule has 6 nitrogen and oxygen atoms in total. The van der Waals surface area contributed by atoms with E-state index in [1.54, 1.807) is 37.3 Å². The second kappa shape index (κ2) is 11.0. The van der Waals surface area contributed by atoms with Gasteiger partial charge in [0.2, 0.25) is 0 Å². The monoisotopic (exact) mass is 370 g/mol. The Hall–Kier alpha value is -2.89. The lowest BCUT2D eigenvalue weighted by Crippen LogP contribution is -2.14. The molecule has 2 rings (SSSR count). The smallest absolute Gasteiger partial charge is 0.338 e. The van der Waals surface area contributed by atoms with Gasteiger partial charge in [-0.3, -0.25) is 4.79 Å². The summed E-state index contributed by atoms with van der Waals surface area (Å²) in [5, 5.41) is 2.68. The number of amides is 1. The first-order chi connectivity index (χ1) is 13.1. The highest BCUT2D eigenvalue weighted by Gasteiger charge is 2.11. The largest absolute Gasteiger partial charge is 0.494 e. The van der Waals surface area contributed by atoms with Crippen molar-refractivity contribution in [1.82, 2.24) is 4.98 Å². The Kier molecular flexibility index (Phi) is 8.29. The fourth-order valence-corrected chi connectivity index (χ4v) is 2.45. The number of unbranched alkanes of at least 4 members (excludes halogenated alkanes) is 3. The molecule has 0 unspecified atom stereocenters. The quantitative estimate of drug-likeness (QED) is 0.493. The molecule has 1 N–H and O–H groups in total. The zero-order chi connectivity index (χ0) is 19.5. The Morgan fingerprint density at radius 1 is 1.00 bits per heavy atom. The summed E-state index contributed by atoms with van der Waals surface area (Å²) in [6.07, 6.45) is 6.06. The van der Waals surface area contributed by atoms with Crippen LogP contribution in [0.4, 0.5) is 5.82 Å². The molecule has 0 bridgehead atoms. The van der Waals surface area contributed by atoms with E-state index < -0.39 is 5.97 Å². The minimum absolute atomic E-state index is 0.288. The molecule has 1 aromatic heterocycles. The van der Waals surface area contributed by atoms with Gasteiger partial charge in [0.15, 0.2) is 0 Å². The van der Waals surface area contributed by atoms with Crippen LogP contribution in [-0.2, 0) is 4.74 Å². The minimum atomic E-state index is -0.448. The highest BCUT2D eigenvalue weighted by atomic mass is 16.5. The number of nitrogens with one attached hydrogen (secondary N) is 1. The highest BCUT2D eigenvalue weighted by Crippen LogP contribution is 2.15. The van der Waals surface area contributed by atoms with Crippen LogP contribution in [0.15, 0.2) is 42.6 Å². The molecule has 0 fully saturated rings. The van der Waals surface area contributed by atoms with Gasteiger partial charge in [-0.1, -0.05) is 26.2 Å². The van der Waals surface area contributed by atoms with Gasteiger partial charge in [0.05, 0.1) is 18.8 Å². The average Bonchev–Trinajstić information content (AvgIpc) is 2.68. The maximum absolute atomic E-state index is 12.4. The van der Waals surface area contributed by atoms with Crippen LogP contribution < -0.4 is 10.1 Å². The Bertz CT molecular complexity index is 744. The molecule has 1 aromatic carbocycles. The molecule has 6 heteroatoms. The van der Waals surface area contributed by atoms with Crippen molar-refractivity contribution in [3.63, 3.8) is 0 Å². The van der Waals surface area contributed by atoms with E-state index in [9.17, 15) is 9.59 Å². The number of carbonyl (C=O) groups excluding carboxylic acids is 2. The van der Waals surface area contributed by atoms with E-state index in [2.05, 4.69) is 17.2 Å². The average molecular weight is 370 g/mol.